The molecule has 0 amide bonds. The number of nitrogens with one attached hydrogen (secondary N) is 1. The minimum absolute atomic E-state index is 0.805. The van der Waals surface area contributed by atoms with E-state index in [1.54, 1.807) is 0 Å². The Bertz CT molecular complexity index is 261. The van der Waals surface area contributed by atoms with Crippen molar-refractivity contribution in [2.24, 2.45) is 5.92 Å². The van der Waals surface area contributed by atoms with Gasteiger partial charge in [-0.2, -0.15) is 11.8 Å². The van der Waals surface area contributed by atoms with Crippen LogP contribution in [0.5, 0.6) is 0 Å². The maximum Gasteiger partial charge on any atom is 0.0185 e. The predicted molar refractivity (Wildman–Crippen MR) is 74.9 cm³/mol. The monoisotopic (exact) mass is 237 g/mol. The average Bonchev–Trinajstić information content (AvgIpc) is 2.34. The molecule has 0 heterocycles. The third-order valence-electron chi connectivity index (χ3n) is 2.72. The molecule has 0 saturated carbocycles. The maximum atomic E-state index is 3.50. The van der Waals surface area contributed by atoms with Gasteiger partial charge in [-0.3, -0.25) is 0 Å². The minimum atomic E-state index is 0.805. The third-order valence-corrected chi connectivity index (χ3v) is 3.75. The van der Waals surface area contributed by atoms with Gasteiger partial charge in [0.2, 0.25) is 0 Å². The largest absolute Gasteiger partial charge is 0.316 e. The van der Waals surface area contributed by atoms with E-state index in [4.69, 9.17) is 0 Å². The van der Waals surface area contributed by atoms with Crippen molar-refractivity contribution in [2.75, 3.05) is 18.8 Å². The lowest BCUT2D eigenvalue weighted by atomic mass is 10.1. The van der Waals surface area contributed by atoms with Crippen LogP contribution in [-0.4, -0.2) is 18.8 Å². The highest BCUT2D eigenvalue weighted by molar-refractivity contribution is 7.98. The first-order valence-corrected chi connectivity index (χ1v) is 7.30. The molecule has 90 valence electrons. The summed E-state index contributed by atoms with van der Waals surface area (Å²) in [6.07, 6.45) is 1.27. The summed E-state index contributed by atoms with van der Waals surface area (Å²) in [6.45, 7) is 6.82. The molecule has 1 N–H and O–H groups in total. The summed E-state index contributed by atoms with van der Waals surface area (Å²) in [4.78, 5) is 0. The summed E-state index contributed by atoms with van der Waals surface area (Å²) in [5.41, 5.74) is 1.43. The smallest absolute Gasteiger partial charge is 0.0185 e. The second-order valence-corrected chi connectivity index (χ2v) is 5.36. The van der Waals surface area contributed by atoms with E-state index in [1.807, 2.05) is 11.8 Å². The Morgan fingerprint density at radius 3 is 2.69 bits per heavy atom. The first kappa shape index (κ1) is 13.6. The van der Waals surface area contributed by atoms with Crippen LogP contribution < -0.4 is 5.32 Å². The van der Waals surface area contributed by atoms with Gasteiger partial charge in [-0.25, -0.2) is 0 Å². The summed E-state index contributed by atoms with van der Waals surface area (Å²) in [7, 11) is 0. The van der Waals surface area contributed by atoms with E-state index in [0.29, 0.717) is 0 Å². The van der Waals surface area contributed by atoms with Crippen molar-refractivity contribution in [1.82, 2.24) is 5.32 Å². The van der Waals surface area contributed by atoms with Gasteiger partial charge >= 0.3 is 0 Å². The van der Waals surface area contributed by atoms with Crippen molar-refractivity contribution < 1.29 is 0 Å². The van der Waals surface area contributed by atoms with Gasteiger partial charge in [-0.15, -0.1) is 0 Å². The quantitative estimate of drug-likeness (QED) is 0.694. The fourth-order valence-corrected chi connectivity index (χ4v) is 2.26. The molecule has 1 atom stereocenters. The Morgan fingerprint density at radius 2 is 2.00 bits per heavy atom. The zero-order valence-electron chi connectivity index (χ0n) is 10.4. The van der Waals surface area contributed by atoms with Crippen molar-refractivity contribution in [2.45, 2.75) is 26.0 Å². The molecule has 16 heavy (non-hydrogen) atoms. The summed E-state index contributed by atoms with van der Waals surface area (Å²) >= 11 is 2.00. The number of rotatable bonds is 8. The van der Waals surface area contributed by atoms with Gasteiger partial charge in [0.15, 0.2) is 0 Å². The highest BCUT2D eigenvalue weighted by Gasteiger charge is 1.97. The van der Waals surface area contributed by atoms with Gasteiger partial charge in [0, 0.05) is 18.1 Å². The van der Waals surface area contributed by atoms with E-state index in [2.05, 4.69) is 49.5 Å². The Kier molecular flexibility index (Phi) is 7.35. The van der Waals surface area contributed by atoms with Crippen molar-refractivity contribution >= 4 is 11.8 Å². The van der Waals surface area contributed by atoms with Gasteiger partial charge < -0.3 is 5.32 Å². The minimum Gasteiger partial charge on any atom is -0.316 e. The van der Waals surface area contributed by atoms with E-state index < -0.39 is 0 Å². The molecule has 0 bridgehead atoms. The van der Waals surface area contributed by atoms with E-state index in [0.717, 1.165) is 24.8 Å². The molecule has 0 aromatic heterocycles. The highest BCUT2D eigenvalue weighted by Crippen LogP contribution is 2.10. The van der Waals surface area contributed by atoms with Crippen molar-refractivity contribution in [1.29, 1.82) is 0 Å². The van der Waals surface area contributed by atoms with Gasteiger partial charge in [-0.05, 0) is 18.0 Å². The molecule has 1 unspecified atom stereocenters. The zero-order chi connectivity index (χ0) is 11.6. The van der Waals surface area contributed by atoms with Gasteiger partial charge in [0.25, 0.3) is 0 Å². The molecule has 0 radical (unpaired) electrons. The molecule has 0 aliphatic heterocycles. The first-order chi connectivity index (χ1) is 7.83. The van der Waals surface area contributed by atoms with Crippen LogP contribution in [0.3, 0.4) is 0 Å². The SMILES string of the molecule is CCC(C)CNCCSCc1ccccc1. The third kappa shape index (κ3) is 6.19. The summed E-state index contributed by atoms with van der Waals surface area (Å²) in [6, 6.07) is 10.7. The molecular formula is C14H23NS. The molecule has 0 saturated heterocycles. The Labute approximate surface area is 104 Å². The molecule has 1 rings (SSSR count). The number of hydrogen-bond acceptors (Lipinski definition) is 2. The van der Waals surface area contributed by atoms with Crippen LogP contribution in [0, 0.1) is 5.92 Å². The first-order valence-electron chi connectivity index (χ1n) is 6.15. The van der Waals surface area contributed by atoms with E-state index >= 15 is 0 Å². The van der Waals surface area contributed by atoms with E-state index in [1.165, 1.54) is 17.7 Å². The predicted octanol–water partition coefficient (Wildman–Crippen LogP) is 3.56. The molecule has 1 nitrogen and oxygen atoms in total. The molecule has 1 aromatic carbocycles. The lowest BCUT2D eigenvalue weighted by molar-refractivity contribution is 0.511. The second kappa shape index (κ2) is 8.66. The average molecular weight is 237 g/mol. The van der Waals surface area contributed by atoms with Crippen LogP contribution in [-0.2, 0) is 5.75 Å². The van der Waals surface area contributed by atoms with Crippen LogP contribution in [0.1, 0.15) is 25.8 Å². The second-order valence-electron chi connectivity index (χ2n) is 4.26. The molecule has 0 spiro atoms. The molecular weight excluding hydrogens is 214 g/mol. The van der Waals surface area contributed by atoms with Crippen LogP contribution >= 0.6 is 11.8 Å². The molecule has 1 aromatic rings. The highest BCUT2D eigenvalue weighted by atomic mass is 32.2. The number of hydrogen-bond donors (Lipinski definition) is 1. The van der Waals surface area contributed by atoms with Crippen molar-refractivity contribution in [3.8, 4) is 0 Å². The molecule has 0 fully saturated rings. The van der Waals surface area contributed by atoms with Crippen LogP contribution in [0.4, 0.5) is 0 Å². The zero-order valence-corrected chi connectivity index (χ0v) is 11.2. The lowest BCUT2D eigenvalue weighted by Crippen LogP contribution is -2.23. The van der Waals surface area contributed by atoms with Gasteiger partial charge in [0.05, 0.1) is 0 Å². The Balaban J connectivity index is 1.96. The van der Waals surface area contributed by atoms with Gasteiger partial charge in [-0.1, -0.05) is 50.6 Å². The number of benzene rings is 1. The Hall–Kier alpha value is -0.470. The number of thioether (sulfide) groups is 1. The lowest BCUT2D eigenvalue weighted by Gasteiger charge is -2.09. The fourth-order valence-electron chi connectivity index (χ4n) is 1.40. The van der Waals surface area contributed by atoms with Crippen LogP contribution in [0.15, 0.2) is 30.3 Å². The fraction of sp³-hybridized carbons (Fsp3) is 0.571. The summed E-state index contributed by atoms with van der Waals surface area (Å²) in [5.74, 6) is 3.14. The van der Waals surface area contributed by atoms with E-state index in [-0.39, 0.29) is 0 Å². The molecule has 0 aliphatic rings. The molecule has 2 heteroatoms. The normalized spacial score (nSPS) is 12.6. The van der Waals surface area contributed by atoms with E-state index in [9.17, 15) is 0 Å². The maximum absolute atomic E-state index is 3.50. The van der Waals surface area contributed by atoms with Gasteiger partial charge in [0.1, 0.15) is 0 Å². The van der Waals surface area contributed by atoms with Crippen LogP contribution in [0.25, 0.3) is 0 Å². The van der Waals surface area contributed by atoms with Crippen molar-refractivity contribution in [3.63, 3.8) is 0 Å². The Morgan fingerprint density at radius 1 is 1.25 bits per heavy atom. The van der Waals surface area contributed by atoms with Crippen LogP contribution in [0.2, 0.25) is 0 Å². The van der Waals surface area contributed by atoms with Crippen molar-refractivity contribution in [3.05, 3.63) is 35.9 Å². The topological polar surface area (TPSA) is 12.0 Å². The summed E-state index contributed by atoms with van der Waals surface area (Å²) < 4.78 is 0. The standard InChI is InChI=1S/C14H23NS/c1-3-13(2)11-15-9-10-16-12-14-7-5-4-6-8-14/h4-8,13,15H,3,9-12H2,1-2H3. The summed E-state index contributed by atoms with van der Waals surface area (Å²) in [5, 5.41) is 3.50. The molecule has 0 aliphatic carbocycles.